The van der Waals surface area contributed by atoms with E-state index < -0.39 is 0 Å². The molecule has 0 aliphatic heterocycles. The van der Waals surface area contributed by atoms with Crippen molar-refractivity contribution in [2.45, 2.75) is 19.3 Å². The molecule has 0 amide bonds. The summed E-state index contributed by atoms with van der Waals surface area (Å²) in [5.74, 6) is 0. The molecule has 0 heterocycles. The van der Waals surface area contributed by atoms with E-state index in [4.69, 9.17) is 5.73 Å². The van der Waals surface area contributed by atoms with Crippen molar-refractivity contribution in [3.63, 3.8) is 0 Å². The molecule has 62 valence electrons. The molecule has 1 heteroatoms. The highest BCUT2D eigenvalue weighted by Crippen LogP contribution is 2.27. The molecule has 12 heavy (non-hydrogen) atoms. The Bertz CT molecular complexity index is 289. The van der Waals surface area contributed by atoms with Gasteiger partial charge in [-0.15, -0.1) is 0 Å². The van der Waals surface area contributed by atoms with Gasteiger partial charge in [-0.25, -0.2) is 0 Å². The van der Waals surface area contributed by atoms with E-state index >= 15 is 0 Å². The third kappa shape index (κ3) is 1.50. The molecule has 2 rings (SSSR count). The van der Waals surface area contributed by atoms with E-state index in [0.717, 1.165) is 5.69 Å². The predicted octanol–water partition coefficient (Wildman–Crippen LogP) is 2.84. The second-order valence-electron chi connectivity index (χ2n) is 3.32. The number of benzene rings is 1. The molecule has 0 unspecified atom stereocenters. The summed E-state index contributed by atoms with van der Waals surface area (Å²) in [5, 5.41) is 0. The minimum Gasteiger partial charge on any atom is -0.399 e. The van der Waals surface area contributed by atoms with Crippen molar-refractivity contribution in [2.24, 2.45) is 0 Å². The summed E-state index contributed by atoms with van der Waals surface area (Å²) in [5.41, 5.74) is 9.27. The smallest absolute Gasteiger partial charge is 0.0314 e. The van der Waals surface area contributed by atoms with Gasteiger partial charge < -0.3 is 5.73 Å². The molecule has 0 atom stereocenters. The van der Waals surface area contributed by atoms with E-state index in [2.05, 4.69) is 18.2 Å². The zero-order valence-corrected chi connectivity index (χ0v) is 7.09. The van der Waals surface area contributed by atoms with Gasteiger partial charge in [0.2, 0.25) is 0 Å². The van der Waals surface area contributed by atoms with Crippen molar-refractivity contribution < 1.29 is 0 Å². The van der Waals surface area contributed by atoms with Crippen molar-refractivity contribution >= 4 is 11.8 Å². The van der Waals surface area contributed by atoms with Crippen LogP contribution in [0.1, 0.15) is 24.8 Å². The normalized spacial score (nSPS) is 15.5. The fourth-order valence-corrected chi connectivity index (χ4v) is 1.35. The Kier molecular flexibility index (Phi) is 1.86. The second kappa shape index (κ2) is 3.02. The predicted molar refractivity (Wildman–Crippen MR) is 52.7 cm³/mol. The van der Waals surface area contributed by atoms with Gasteiger partial charge in [0.25, 0.3) is 0 Å². The highest BCUT2D eigenvalue weighted by atomic mass is 14.5. The summed E-state index contributed by atoms with van der Waals surface area (Å²) in [7, 11) is 0. The van der Waals surface area contributed by atoms with Crippen molar-refractivity contribution in [1.82, 2.24) is 0 Å². The number of nitrogens with two attached hydrogens (primary N) is 1. The Morgan fingerprint density at radius 3 is 2.25 bits per heavy atom. The Balaban J connectivity index is 2.18. The topological polar surface area (TPSA) is 26.0 Å². The Hall–Kier alpha value is -1.24. The average Bonchev–Trinajstić information content (AvgIpc) is 2.00. The first-order valence-corrected chi connectivity index (χ1v) is 4.39. The van der Waals surface area contributed by atoms with E-state index in [-0.39, 0.29) is 0 Å². The summed E-state index contributed by atoms with van der Waals surface area (Å²) >= 11 is 0. The van der Waals surface area contributed by atoms with E-state index in [0.29, 0.717) is 0 Å². The molecule has 1 aliphatic rings. The number of anilines is 1. The maximum Gasteiger partial charge on any atom is 0.0314 e. The third-order valence-electron chi connectivity index (χ3n) is 2.30. The Morgan fingerprint density at radius 2 is 1.75 bits per heavy atom. The van der Waals surface area contributed by atoms with Gasteiger partial charge in [-0.1, -0.05) is 23.8 Å². The lowest BCUT2D eigenvalue weighted by Crippen LogP contribution is -1.95. The standard InChI is InChI=1S/C11H13N/c12-11-6-4-10(5-7-11)8-9-2-1-3-9/h4-8H,1-3,12H2. The van der Waals surface area contributed by atoms with Gasteiger partial charge in [0.15, 0.2) is 0 Å². The van der Waals surface area contributed by atoms with E-state index in [1.54, 1.807) is 5.57 Å². The summed E-state index contributed by atoms with van der Waals surface area (Å²) in [6.07, 6.45) is 6.19. The van der Waals surface area contributed by atoms with Gasteiger partial charge in [0.1, 0.15) is 0 Å². The Morgan fingerprint density at radius 1 is 1.08 bits per heavy atom. The summed E-state index contributed by atoms with van der Waals surface area (Å²) in [4.78, 5) is 0. The molecule has 0 aromatic heterocycles. The molecule has 0 radical (unpaired) electrons. The van der Waals surface area contributed by atoms with Crippen molar-refractivity contribution in [3.05, 3.63) is 35.4 Å². The molecule has 1 fully saturated rings. The monoisotopic (exact) mass is 159 g/mol. The molecule has 1 aromatic rings. The summed E-state index contributed by atoms with van der Waals surface area (Å²) in [6, 6.07) is 8.04. The van der Waals surface area contributed by atoms with Crippen LogP contribution in [0.2, 0.25) is 0 Å². The lowest BCUT2D eigenvalue weighted by molar-refractivity contribution is 0.670. The first-order chi connectivity index (χ1) is 5.84. The van der Waals surface area contributed by atoms with Crippen LogP contribution in [0.15, 0.2) is 29.8 Å². The first-order valence-electron chi connectivity index (χ1n) is 4.39. The number of hydrogen-bond acceptors (Lipinski definition) is 1. The second-order valence-corrected chi connectivity index (χ2v) is 3.32. The summed E-state index contributed by atoms with van der Waals surface area (Å²) in [6.45, 7) is 0. The van der Waals surface area contributed by atoms with Crippen LogP contribution >= 0.6 is 0 Å². The molecule has 2 N–H and O–H groups in total. The van der Waals surface area contributed by atoms with Crippen LogP contribution < -0.4 is 5.73 Å². The van der Waals surface area contributed by atoms with Gasteiger partial charge in [-0.2, -0.15) is 0 Å². The van der Waals surface area contributed by atoms with Crippen LogP contribution in [-0.2, 0) is 0 Å². The SMILES string of the molecule is Nc1ccc(C=C2CCC2)cc1. The highest BCUT2D eigenvalue weighted by Gasteiger charge is 2.07. The fourth-order valence-electron chi connectivity index (χ4n) is 1.35. The van der Waals surface area contributed by atoms with Crippen LogP contribution in [0.5, 0.6) is 0 Å². The van der Waals surface area contributed by atoms with Crippen molar-refractivity contribution in [1.29, 1.82) is 0 Å². The van der Waals surface area contributed by atoms with E-state index in [1.807, 2.05) is 12.1 Å². The molecule has 1 aromatic carbocycles. The number of nitrogen functional groups attached to an aromatic ring is 1. The fraction of sp³-hybridized carbons (Fsp3) is 0.273. The van der Waals surface area contributed by atoms with Crippen LogP contribution in [-0.4, -0.2) is 0 Å². The van der Waals surface area contributed by atoms with Crippen LogP contribution in [0, 0.1) is 0 Å². The van der Waals surface area contributed by atoms with E-state index in [1.165, 1.54) is 24.8 Å². The quantitative estimate of drug-likeness (QED) is 0.626. The molecular formula is C11H13N. The first kappa shape index (κ1) is 7.41. The third-order valence-corrected chi connectivity index (χ3v) is 2.30. The average molecular weight is 159 g/mol. The Labute approximate surface area is 72.9 Å². The van der Waals surface area contributed by atoms with Crippen molar-refractivity contribution in [3.8, 4) is 0 Å². The lowest BCUT2D eigenvalue weighted by Gasteiger charge is -2.15. The maximum absolute atomic E-state index is 5.58. The van der Waals surface area contributed by atoms with Gasteiger partial charge in [0, 0.05) is 5.69 Å². The van der Waals surface area contributed by atoms with Gasteiger partial charge in [-0.3, -0.25) is 0 Å². The molecule has 0 spiro atoms. The zero-order chi connectivity index (χ0) is 8.39. The minimum absolute atomic E-state index is 0.839. The van der Waals surface area contributed by atoms with Crippen LogP contribution in [0.25, 0.3) is 6.08 Å². The molecule has 1 nitrogen and oxygen atoms in total. The van der Waals surface area contributed by atoms with Crippen LogP contribution in [0.4, 0.5) is 5.69 Å². The largest absolute Gasteiger partial charge is 0.399 e. The summed E-state index contributed by atoms with van der Waals surface area (Å²) < 4.78 is 0. The zero-order valence-electron chi connectivity index (χ0n) is 7.09. The number of rotatable bonds is 1. The lowest BCUT2D eigenvalue weighted by atomic mass is 9.91. The molecule has 0 saturated heterocycles. The minimum atomic E-state index is 0.839. The van der Waals surface area contributed by atoms with Crippen LogP contribution in [0.3, 0.4) is 0 Å². The highest BCUT2D eigenvalue weighted by molar-refractivity contribution is 5.56. The molecular weight excluding hydrogens is 146 g/mol. The molecule has 0 bridgehead atoms. The maximum atomic E-state index is 5.58. The van der Waals surface area contributed by atoms with Gasteiger partial charge in [-0.05, 0) is 37.0 Å². The van der Waals surface area contributed by atoms with Gasteiger partial charge in [0.05, 0.1) is 0 Å². The van der Waals surface area contributed by atoms with Crippen molar-refractivity contribution in [2.75, 3.05) is 5.73 Å². The van der Waals surface area contributed by atoms with E-state index in [9.17, 15) is 0 Å². The number of hydrogen-bond donors (Lipinski definition) is 1. The molecule has 1 saturated carbocycles. The molecule has 1 aliphatic carbocycles. The van der Waals surface area contributed by atoms with Gasteiger partial charge >= 0.3 is 0 Å². The number of allylic oxidation sites excluding steroid dienone is 1.